The van der Waals surface area contributed by atoms with E-state index in [0.29, 0.717) is 93.4 Å². The number of hydrogen-bond acceptors (Lipinski definition) is 18. The number of aromatic hydroxyl groups is 2. The summed E-state index contributed by atoms with van der Waals surface area (Å²) in [6, 6.07) is 21.9. The molecular weight excluding hydrogens is 1190 g/mol. The molecule has 0 saturated carbocycles. The number of benzene rings is 3. The number of esters is 5. The first-order chi connectivity index (χ1) is 43.3. The summed E-state index contributed by atoms with van der Waals surface area (Å²) in [4.78, 5) is 92.3. The molecule has 0 saturated heterocycles. The SMILES string of the molecule is C=C(C)C(=O)N[C@@H](Cc1ccc(O)cc1)C(=O)NCCc1ccc(O)cc1.C=C(C)C(=O)OCCCCCC(=O)OCCOCCOC(=O)CCCCCOC(=O)C(=C)C.C=C(C)C(=O)OCCO.CC(C)(C)C(=O)c1ccccc1.CC(C)(C)C(C)(C)O.CC(C)C. The normalized spacial score (nSPS) is 10.9. The van der Waals surface area contributed by atoms with E-state index < -0.39 is 29.6 Å². The second kappa shape index (κ2) is 50.6. The van der Waals surface area contributed by atoms with Gasteiger partial charge in [0, 0.05) is 59.1 Å². The van der Waals surface area contributed by atoms with Gasteiger partial charge in [-0.1, -0.05) is 143 Å². The lowest BCUT2D eigenvalue weighted by atomic mass is 9.79. The Kier molecular flexibility index (Phi) is 48.6. The summed E-state index contributed by atoms with van der Waals surface area (Å²) < 4.78 is 29.8. The van der Waals surface area contributed by atoms with Gasteiger partial charge in [0.2, 0.25) is 11.8 Å². The Labute approximate surface area is 554 Å². The Balaban J connectivity index is -0.00000119. The molecule has 2 amide bonds. The maximum Gasteiger partial charge on any atom is 0.333 e. The number of ether oxygens (including phenoxy) is 6. The number of ketones is 1. The van der Waals surface area contributed by atoms with Gasteiger partial charge in [0.05, 0.1) is 38.6 Å². The number of Topliss-reactive ketones (excluding diaryl/α,β-unsaturated/α-hetero) is 1. The molecule has 0 heterocycles. The minimum Gasteiger partial charge on any atom is -0.508 e. The first-order valence-electron chi connectivity index (χ1n) is 31.4. The third-order valence-electron chi connectivity index (χ3n) is 12.5. The van der Waals surface area contributed by atoms with Crippen molar-refractivity contribution >= 4 is 47.4 Å². The van der Waals surface area contributed by atoms with Gasteiger partial charge in [0.15, 0.2) is 5.78 Å². The summed E-state index contributed by atoms with van der Waals surface area (Å²) in [6.45, 7) is 43.9. The van der Waals surface area contributed by atoms with E-state index in [9.17, 15) is 53.7 Å². The first kappa shape index (κ1) is 89.3. The molecule has 6 N–H and O–H groups in total. The van der Waals surface area contributed by atoms with E-state index in [1.54, 1.807) is 64.1 Å². The molecule has 0 spiro atoms. The smallest absolute Gasteiger partial charge is 0.333 e. The van der Waals surface area contributed by atoms with E-state index >= 15 is 0 Å². The molecule has 0 bridgehead atoms. The van der Waals surface area contributed by atoms with Crippen LogP contribution in [0.4, 0.5) is 0 Å². The molecule has 0 fully saturated rings. The number of nitrogens with one attached hydrogen (secondary N) is 2. The van der Waals surface area contributed by atoms with Crippen LogP contribution in [0.15, 0.2) is 127 Å². The first-order valence-corrected chi connectivity index (χ1v) is 31.4. The molecule has 0 unspecified atom stereocenters. The fourth-order valence-corrected chi connectivity index (χ4v) is 6.11. The van der Waals surface area contributed by atoms with Crippen molar-refractivity contribution in [2.75, 3.05) is 59.4 Å². The minimum absolute atomic E-state index is 0.00694. The molecule has 0 aromatic heterocycles. The summed E-state index contributed by atoms with van der Waals surface area (Å²) in [5.41, 5.74) is 3.15. The molecule has 20 nitrogen and oxygen atoms in total. The predicted molar refractivity (Wildman–Crippen MR) is 364 cm³/mol. The van der Waals surface area contributed by atoms with Crippen LogP contribution in [0.2, 0.25) is 0 Å². The van der Waals surface area contributed by atoms with Crippen molar-refractivity contribution < 1.29 is 87.2 Å². The van der Waals surface area contributed by atoms with Crippen LogP contribution in [0.25, 0.3) is 0 Å². The summed E-state index contributed by atoms with van der Waals surface area (Å²) in [5, 5.41) is 41.7. The quantitative estimate of drug-likeness (QED) is 0.0111. The number of phenols is 2. The van der Waals surface area contributed by atoms with Crippen LogP contribution in [0, 0.1) is 16.7 Å². The van der Waals surface area contributed by atoms with Gasteiger partial charge in [-0.15, -0.1) is 0 Å². The molecule has 522 valence electrons. The van der Waals surface area contributed by atoms with Crippen molar-refractivity contribution in [3.8, 4) is 11.5 Å². The molecule has 0 radical (unpaired) electrons. The lowest BCUT2D eigenvalue weighted by Gasteiger charge is -2.33. The maximum absolute atomic E-state index is 12.6. The maximum atomic E-state index is 12.6. The van der Waals surface area contributed by atoms with E-state index in [1.807, 2.05) is 85.7 Å². The summed E-state index contributed by atoms with van der Waals surface area (Å²) in [7, 11) is 0. The zero-order chi connectivity index (χ0) is 71.8. The molecule has 3 aromatic carbocycles. The lowest BCUT2D eigenvalue weighted by Crippen LogP contribution is -2.48. The zero-order valence-corrected chi connectivity index (χ0v) is 58.4. The van der Waals surface area contributed by atoms with Gasteiger partial charge >= 0.3 is 29.8 Å². The van der Waals surface area contributed by atoms with Crippen LogP contribution in [0.5, 0.6) is 11.5 Å². The lowest BCUT2D eigenvalue weighted by molar-refractivity contribution is -0.147. The highest BCUT2D eigenvalue weighted by Gasteiger charge is 2.29. The second-order valence-electron chi connectivity index (χ2n) is 25.0. The average molecular weight is 1310 g/mol. The largest absolute Gasteiger partial charge is 0.508 e. The van der Waals surface area contributed by atoms with E-state index in [0.717, 1.165) is 35.4 Å². The van der Waals surface area contributed by atoms with Crippen LogP contribution < -0.4 is 10.6 Å². The number of phenolic OH excluding ortho intramolecular Hbond substituents is 2. The van der Waals surface area contributed by atoms with Crippen LogP contribution >= 0.6 is 0 Å². The van der Waals surface area contributed by atoms with Crippen molar-refractivity contribution in [2.24, 2.45) is 16.7 Å². The van der Waals surface area contributed by atoms with Gasteiger partial charge in [0.25, 0.3) is 0 Å². The number of carbonyl (C=O) groups excluding carboxylic acids is 8. The Morgan fingerprint density at radius 2 is 0.892 bits per heavy atom. The van der Waals surface area contributed by atoms with Crippen LogP contribution in [-0.4, -0.2) is 139 Å². The summed E-state index contributed by atoms with van der Waals surface area (Å²) in [6.07, 6.45) is 5.66. The van der Waals surface area contributed by atoms with Crippen LogP contribution in [0.1, 0.15) is 177 Å². The van der Waals surface area contributed by atoms with Gasteiger partial charge in [0.1, 0.15) is 37.4 Å². The Morgan fingerprint density at radius 1 is 0.505 bits per heavy atom. The zero-order valence-electron chi connectivity index (χ0n) is 58.4. The second-order valence-corrected chi connectivity index (χ2v) is 25.0. The standard InChI is InChI=1S/C24H38O9.C21H24N2O4.C11H14O.C7H16O.C6H10O3.C4H10/c1-19(2)23(27)32-13-9-5-7-11-21(25)30-17-15-29-16-18-31-22(26)12-8-6-10-14-33-24(28)20(3)4;1-14(2)20(26)23-19(13-16-5-9-18(25)10-6-16)21(27)22-12-11-15-3-7-17(24)8-4-15;1-11(2,3)10(12)9-7-5-4-6-8-9;1-6(2,3)7(4,5)8;1-5(2)6(8)9-4-3-7;1-4(2)3/h1,3,5-18H2,2,4H3;3-10,19,24-25H,1,11-13H2,2H3,(H,22,27)(H,23,26);4-8H,1-3H3;8H,1-5H3;7H,1,3-4H2,2H3;4H,1-3H3/t;19-;;;;/m.0..../s1. The highest BCUT2D eigenvalue weighted by atomic mass is 16.6. The number of aliphatic hydroxyl groups is 2. The van der Waals surface area contributed by atoms with Gasteiger partial charge < -0.3 is 59.5 Å². The van der Waals surface area contributed by atoms with Crippen molar-refractivity contribution in [3.63, 3.8) is 0 Å². The van der Waals surface area contributed by atoms with Gasteiger partial charge in [-0.05, 0) is 133 Å². The number of carbonyl (C=O) groups is 8. The molecule has 3 aromatic rings. The fraction of sp³-hybridized carbons (Fsp3) is 0.534. The van der Waals surface area contributed by atoms with E-state index in [1.165, 1.54) is 12.1 Å². The number of unbranched alkanes of at least 4 members (excludes halogenated alkanes) is 4. The van der Waals surface area contributed by atoms with Crippen molar-refractivity contribution in [1.82, 2.24) is 10.6 Å². The molecule has 3 rings (SSSR count). The van der Waals surface area contributed by atoms with Crippen molar-refractivity contribution in [2.45, 2.75) is 180 Å². The molecule has 1 atom stereocenters. The molecule has 0 aliphatic heterocycles. The third kappa shape index (κ3) is 51.3. The number of rotatable bonds is 32. The Bertz CT molecular complexity index is 2630. The van der Waals surface area contributed by atoms with Crippen LogP contribution in [-0.2, 0) is 74.8 Å². The van der Waals surface area contributed by atoms with Crippen LogP contribution in [0.3, 0.4) is 0 Å². The monoisotopic (exact) mass is 1300 g/mol. The highest BCUT2D eigenvalue weighted by molar-refractivity contribution is 5.99. The van der Waals surface area contributed by atoms with Crippen molar-refractivity contribution in [3.05, 3.63) is 144 Å². The molecular formula is C73H112N2O18. The van der Waals surface area contributed by atoms with E-state index in [4.69, 9.17) is 28.8 Å². The number of amides is 2. The van der Waals surface area contributed by atoms with Gasteiger partial charge in [-0.25, -0.2) is 14.4 Å². The third-order valence-corrected chi connectivity index (χ3v) is 12.5. The number of hydrogen-bond donors (Lipinski definition) is 6. The Hall–Kier alpha value is -7.94. The fourth-order valence-electron chi connectivity index (χ4n) is 6.11. The molecule has 0 aliphatic rings. The number of aliphatic hydroxyl groups excluding tert-OH is 1. The van der Waals surface area contributed by atoms with Crippen molar-refractivity contribution in [1.29, 1.82) is 0 Å². The molecule has 93 heavy (non-hydrogen) atoms. The van der Waals surface area contributed by atoms with Gasteiger partial charge in [-0.2, -0.15) is 0 Å². The van der Waals surface area contributed by atoms with E-state index in [2.05, 4.69) is 62.5 Å². The Morgan fingerprint density at radius 3 is 1.25 bits per heavy atom. The predicted octanol–water partition coefficient (Wildman–Crippen LogP) is 12.0. The van der Waals surface area contributed by atoms with Gasteiger partial charge in [-0.3, -0.25) is 24.0 Å². The summed E-state index contributed by atoms with van der Waals surface area (Å²) in [5.74, 6) is -1.19. The average Bonchev–Trinajstić information content (AvgIpc) is 1.06. The topological polar surface area (TPSA) is 297 Å². The molecule has 20 heteroatoms. The summed E-state index contributed by atoms with van der Waals surface area (Å²) >= 11 is 0. The highest BCUT2D eigenvalue weighted by Crippen LogP contribution is 2.28. The molecule has 0 aliphatic carbocycles. The van der Waals surface area contributed by atoms with E-state index in [-0.39, 0.29) is 91.5 Å². The minimum atomic E-state index is -0.751.